The molecular weight excluding hydrogens is 250 g/mol. The van der Waals surface area contributed by atoms with Crippen molar-refractivity contribution in [3.8, 4) is 11.5 Å². The van der Waals surface area contributed by atoms with Crippen molar-refractivity contribution in [1.29, 1.82) is 0 Å². The van der Waals surface area contributed by atoms with E-state index in [1.54, 1.807) is 19.1 Å². The Kier molecular flexibility index (Phi) is 3.37. The van der Waals surface area contributed by atoms with Gasteiger partial charge in [-0.2, -0.15) is 5.10 Å². The first kappa shape index (κ1) is 12.9. The van der Waals surface area contributed by atoms with E-state index in [4.69, 9.17) is 10.2 Å². The average molecular weight is 263 g/mol. The van der Waals surface area contributed by atoms with Crippen LogP contribution in [0.3, 0.4) is 0 Å². The van der Waals surface area contributed by atoms with Gasteiger partial charge in [-0.15, -0.1) is 0 Å². The highest BCUT2D eigenvalue weighted by Crippen LogP contribution is 2.28. The highest BCUT2D eigenvalue weighted by molar-refractivity contribution is 5.91. The second-order valence-corrected chi connectivity index (χ2v) is 3.89. The van der Waals surface area contributed by atoms with E-state index in [1.807, 2.05) is 0 Å². The molecule has 1 unspecified atom stereocenters. The molecule has 0 radical (unpaired) electrons. The minimum Gasteiger partial charge on any atom is -0.467 e. The predicted molar refractivity (Wildman–Crippen MR) is 66.5 cm³/mol. The summed E-state index contributed by atoms with van der Waals surface area (Å²) >= 11 is 0. The molecule has 0 saturated heterocycles. The first-order valence-corrected chi connectivity index (χ1v) is 5.55. The number of anilines is 1. The Hall–Kier alpha value is -2.57. The molecule has 0 bridgehead atoms. The standard InChI is InChI=1S/C12H13N3O4/c1-7(12(17)18-2)15-11(13)8(6-16)10(14-15)9-4-3-5-19-9/h3-7H,13H2,1-2H3. The second-order valence-electron chi connectivity index (χ2n) is 3.89. The van der Waals surface area contributed by atoms with Gasteiger partial charge >= 0.3 is 5.97 Å². The van der Waals surface area contributed by atoms with Crippen molar-refractivity contribution in [1.82, 2.24) is 9.78 Å². The fourth-order valence-corrected chi connectivity index (χ4v) is 1.74. The summed E-state index contributed by atoms with van der Waals surface area (Å²) in [5.74, 6) is 0.00144. The molecule has 0 amide bonds. The quantitative estimate of drug-likeness (QED) is 0.658. The van der Waals surface area contributed by atoms with Crippen LogP contribution in [0.15, 0.2) is 22.8 Å². The van der Waals surface area contributed by atoms with Gasteiger partial charge in [0.15, 0.2) is 12.0 Å². The minimum absolute atomic E-state index is 0.0966. The van der Waals surface area contributed by atoms with Crippen molar-refractivity contribution >= 4 is 18.1 Å². The van der Waals surface area contributed by atoms with Crippen molar-refractivity contribution in [2.75, 3.05) is 12.8 Å². The molecular formula is C12H13N3O4. The summed E-state index contributed by atoms with van der Waals surface area (Å²) in [6.45, 7) is 1.58. The topological polar surface area (TPSA) is 100 Å². The van der Waals surface area contributed by atoms with Crippen molar-refractivity contribution in [3.05, 3.63) is 24.0 Å². The van der Waals surface area contributed by atoms with Crippen LogP contribution in [0.1, 0.15) is 23.3 Å². The van der Waals surface area contributed by atoms with Crippen molar-refractivity contribution in [2.24, 2.45) is 0 Å². The van der Waals surface area contributed by atoms with Crippen LogP contribution >= 0.6 is 0 Å². The maximum absolute atomic E-state index is 11.5. The lowest BCUT2D eigenvalue weighted by Crippen LogP contribution is -2.20. The first-order chi connectivity index (χ1) is 9.10. The third-order valence-electron chi connectivity index (χ3n) is 2.77. The number of aromatic nitrogens is 2. The molecule has 0 fully saturated rings. The number of nitrogen functional groups attached to an aromatic ring is 1. The van der Waals surface area contributed by atoms with E-state index in [-0.39, 0.29) is 11.4 Å². The molecule has 2 aromatic heterocycles. The number of hydrogen-bond acceptors (Lipinski definition) is 6. The van der Waals surface area contributed by atoms with Crippen LogP contribution in [0.2, 0.25) is 0 Å². The van der Waals surface area contributed by atoms with Gasteiger partial charge in [-0.05, 0) is 19.1 Å². The van der Waals surface area contributed by atoms with Gasteiger partial charge in [0.2, 0.25) is 0 Å². The Morgan fingerprint density at radius 2 is 2.37 bits per heavy atom. The molecule has 0 aliphatic carbocycles. The molecule has 0 aliphatic heterocycles. The van der Waals surface area contributed by atoms with E-state index in [0.29, 0.717) is 17.7 Å². The third kappa shape index (κ3) is 2.10. The number of ether oxygens (including phenoxy) is 1. The Balaban J connectivity index is 2.53. The van der Waals surface area contributed by atoms with Gasteiger partial charge in [0.05, 0.1) is 18.9 Å². The molecule has 7 nitrogen and oxygen atoms in total. The SMILES string of the molecule is COC(=O)C(C)n1nc(-c2ccco2)c(C=O)c1N. The van der Waals surface area contributed by atoms with Gasteiger partial charge in [-0.25, -0.2) is 9.48 Å². The van der Waals surface area contributed by atoms with Crippen LogP contribution in [0.4, 0.5) is 5.82 Å². The molecule has 0 aromatic carbocycles. The van der Waals surface area contributed by atoms with Crippen LogP contribution in [0.5, 0.6) is 0 Å². The number of hydrogen-bond donors (Lipinski definition) is 1. The number of furan rings is 1. The van der Waals surface area contributed by atoms with Crippen LogP contribution in [0, 0.1) is 0 Å². The molecule has 2 rings (SSSR count). The maximum atomic E-state index is 11.5. The average Bonchev–Trinajstić information content (AvgIpc) is 3.04. The number of carbonyl (C=O) groups is 2. The zero-order valence-corrected chi connectivity index (χ0v) is 10.5. The van der Waals surface area contributed by atoms with Crippen molar-refractivity contribution in [3.63, 3.8) is 0 Å². The Morgan fingerprint density at radius 3 is 2.89 bits per heavy atom. The molecule has 7 heteroatoms. The second kappa shape index (κ2) is 4.97. The molecule has 2 N–H and O–H groups in total. The van der Waals surface area contributed by atoms with Gasteiger partial charge in [-0.1, -0.05) is 0 Å². The van der Waals surface area contributed by atoms with Gasteiger partial charge < -0.3 is 14.9 Å². The number of methoxy groups -OCH3 is 1. The highest BCUT2D eigenvalue weighted by Gasteiger charge is 2.25. The third-order valence-corrected chi connectivity index (χ3v) is 2.77. The summed E-state index contributed by atoms with van der Waals surface area (Å²) in [4.78, 5) is 22.6. The van der Waals surface area contributed by atoms with Gasteiger partial charge in [0.1, 0.15) is 17.6 Å². The largest absolute Gasteiger partial charge is 0.467 e. The Labute approximate surface area is 108 Å². The van der Waals surface area contributed by atoms with Crippen LogP contribution < -0.4 is 5.73 Å². The maximum Gasteiger partial charge on any atom is 0.330 e. The van der Waals surface area contributed by atoms with Gasteiger partial charge in [-0.3, -0.25) is 4.79 Å². The first-order valence-electron chi connectivity index (χ1n) is 5.55. The van der Waals surface area contributed by atoms with Crippen LogP contribution in [-0.2, 0) is 9.53 Å². The number of esters is 1. The molecule has 0 spiro atoms. The lowest BCUT2D eigenvalue weighted by molar-refractivity contribution is -0.144. The lowest BCUT2D eigenvalue weighted by Gasteiger charge is -2.10. The zero-order chi connectivity index (χ0) is 14.0. The fourth-order valence-electron chi connectivity index (χ4n) is 1.74. The van der Waals surface area contributed by atoms with Crippen molar-refractivity contribution in [2.45, 2.75) is 13.0 Å². The van der Waals surface area contributed by atoms with Crippen molar-refractivity contribution < 1.29 is 18.7 Å². The number of nitrogens with zero attached hydrogens (tertiary/aromatic N) is 2. The molecule has 1 atom stereocenters. The summed E-state index contributed by atoms with van der Waals surface area (Å²) in [6.07, 6.45) is 2.05. The number of rotatable bonds is 4. The van der Waals surface area contributed by atoms with E-state index in [9.17, 15) is 9.59 Å². The van der Waals surface area contributed by atoms with Crippen LogP contribution in [-0.4, -0.2) is 29.1 Å². The summed E-state index contributed by atoms with van der Waals surface area (Å²) < 4.78 is 11.1. The molecule has 2 aromatic rings. The minimum atomic E-state index is -0.729. The normalized spacial score (nSPS) is 12.1. The van der Waals surface area contributed by atoms with E-state index in [1.165, 1.54) is 18.1 Å². The summed E-state index contributed by atoms with van der Waals surface area (Å²) in [6, 6.07) is 2.59. The Morgan fingerprint density at radius 1 is 1.63 bits per heavy atom. The lowest BCUT2D eigenvalue weighted by atomic mass is 10.2. The molecule has 2 heterocycles. The Bertz CT molecular complexity index is 601. The molecule has 0 aliphatic rings. The zero-order valence-electron chi connectivity index (χ0n) is 10.5. The smallest absolute Gasteiger partial charge is 0.330 e. The highest BCUT2D eigenvalue weighted by atomic mass is 16.5. The van der Waals surface area contributed by atoms with Gasteiger partial charge in [0.25, 0.3) is 0 Å². The summed E-state index contributed by atoms with van der Waals surface area (Å²) in [5, 5.41) is 4.16. The molecule has 100 valence electrons. The number of carbonyl (C=O) groups excluding carboxylic acids is 2. The predicted octanol–water partition coefficient (Wildman–Crippen LogP) is 1.27. The number of nitrogens with two attached hydrogens (primary N) is 1. The fraction of sp³-hybridized carbons (Fsp3) is 0.250. The van der Waals surface area contributed by atoms with E-state index in [0.717, 1.165) is 0 Å². The molecule has 19 heavy (non-hydrogen) atoms. The number of aldehydes is 1. The van der Waals surface area contributed by atoms with Gasteiger partial charge in [0, 0.05) is 0 Å². The van der Waals surface area contributed by atoms with E-state index in [2.05, 4.69) is 9.84 Å². The van der Waals surface area contributed by atoms with E-state index >= 15 is 0 Å². The summed E-state index contributed by atoms with van der Waals surface area (Å²) in [5.41, 5.74) is 6.32. The van der Waals surface area contributed by atoms with E-state index < -0.39 is 12.0 Å². The monoisotopic (exact) mass is 263 g/mol. The summed E-state index contributed by atoms with van der Waals surface area (Å²) in [7, 11) is 1.27. The van der Waals surface area contributed by atoms with Crippen LogP contribution in [0.25, 0.3) is 11.5 Å². The molecule has 0 saturated carbocycles.